The summed E-state index contributed by atoms with van der Waals surface area (Å²) in [6, 6.07) is 16.0. The summed E-state index contributed by atoms with van der Waals surface area (Å²) in [4.78, 5) is 2.05. The van der Waals surface area contributed by atoms with Crippen LogP contribution < -0.4 is 4.90 Å². The molecule has 2 aromatic carbocycles. The summed E-state index contributed by atoms with van der Waals surface area (Å²) in [6.07, 6.45) is 0.726. The Bertz CT molecular complexity index is 590. The highest BCUT2D eigenvalue weighted by Gasteiger charge is 2.23. The lowest BCUT2D eigenvalue weighted by Gasteiger charge is -2.19. The first kappa shape index (κ1) is 11.3. The standard InChI is InChI=1S/C15H13ClN2/c16-13-7-5-11(6-8-13)10-18-14-4-2-1-3-12(14)9-15(18)17/h1-8,17H,9-10H2. The number of hydrogen-bond donors (Lipinski definition) is 1. The van der Waals surface area contributed by atoms with Crippen LogP contribution in [0, 0.1) is 5.41 Å². The predicted molar refractivity (Wildman–Crippen MR) is 75.5 cm³/mol. The molecular formula is C15H13ClN2. The molecule has 0 spiro atoms. The predicted octanol–water partition coefficient (Wildman–Crippen LogP) is 3.88. The Morgan fingerprint density at radius 3 is 2.56 bits per heavy atom. The van der Waals surface area contributed by atoms with Gasteiger partial charge in [0, 0.05) is 23.7 Å². The minimum Gasteiger partial charge on any atom is -0.325 e. The van der Waals surface area contributed by atoms with E-state index in [0.717, 1.165) is 23.7 Å². The van der Waals surface area contributed by atoms with Crippen LogP contribution in [0.3, 0.4) is 0 Å². The number of fused-ring (bicyclic) bond motifs is 1. The zero-order chi connectivity index (χ0) is 12.5. The summed E-state index contributed by atoms with van der Waals surface area (Å²) in [7, 11) is 0. The van der Waals surface area contributed by atoms with Gasteiger partial charge < -0.3 is 4.90 Å². The van der Waals surface area contributed by atoms with Crippen LogP contribution in [0.4, 0.5) is 5.69 Å². The lowest BCUT2D eigenvalue weighted by Crippen LogP contribution is -2.25. The molecule has 0 atom stereocenters. The molecule has 0 aliphatic carbocycles. The zero-order valence-corrected chi connectivity index (χ0v) is 10.6. The summed E-state index contributed by atoms with van der Waals surface area (Å²) in [5, 5.41) is 8.83. The molecule has 0 bridgehead atoms. The van der Waals surface area contributed by atoms with Crippen molar-refractivity contribution in [1.82, 2.24) is 0 Å². The molecule has 0 unspecified atom stereocenters. The van der Waals surface area contributed by atoms with E-state index in [2.05, 4.69) is 17.0 Å². The monoisotopic (exact) mass is 256 g/mol. The van der Waals surface area contributed by atoms with Gasteiger partial charge in [-0.3, -0.25) is 5.41 Å². The van der Waals surface area contributed by atoms with Gasteiger partial charge in [-0.2, -0.15) is 0 Å². The molecular weight excluding hydrogens is 244 g/mol. The Labute approximate surface area is 111 Å². The largest absolute Gasteiger partial charge is 0.325 e. The molecule has 1 aliphatic rings. The molecule has 1 N–H and O–H groups in total. The number of hydrogen-bond acceptors (Lipinski definition) is 1. The third kappa shape index (κ3) is 2.00. The number of anilines is 1. The highest BCUT2D eigenvalue weighted by molar-refractivity contribution is 6.30. The molecule has 90 valence electrons. The van der Waals surface area contributed by atoms with Gasteiger partial charge in [0.1, 0.15) is 5.84 Å². The SMILES string of the molecule is N=C1Cc2ccccc2N1Cc1ccc(Cl)cc1. The number of benzene rings is 2. The third-order valence-electron chi connectivity index (χ3n) is 3.22. The number of rotatable bonds is 2. The molecule has 0 fully saturated rings. The number of nitrogens with one attached hydrogen (secondary N) is 1. The Hall–Kier alpha value is -1.80. The summed E-state index contributed by atoms with van der Waals surface area (Å²) in [5.41, 5.74) is 3.55. The molecule has 18 heavy (non-hydrogen) atoms. The van der Waals surface area contributed by atoms with Gasteiger partial charge in [0.05, 0.1) is 0 Å². The lowest BCUT2D eigenvalue weighted by atomic mass is 10.1. The van der Waals surface area contributed by atoms with Gasteiger partial charge in [0.2, 0.25) is 0 Å². The first-order valence-electron chi connectivity index (χ1n) is 5.91. The minimum atomic E-state index is 0.658. The second kappa shape index (κ2) is 4.46. The summed E-state index contributed by atoms with van der Waals surface area (Å²) in [5.74, 6) is 0.658. The zero-order valence-electron chi connectivity index (χ0n) is 9.86. The van der Waals surface area contributed by atoms with Crippen molar-refractivity contribution < 1.29 is 0 Å². The minimum absolute atomic E-state index is 0.658. The molecule has 0 radical (unpaired) electrons. The molecule has 1 heterocycles. The van der Waals surface area contributed by atoms with Crippen LogP contribution in [-0.4, -0.2) is 5.84 Å². The maximum absolute atomic E-state index is 8.08. The number of nitrogens with zero attached hydrogens (tertiary/aromatic N) is 1. The van der Waals surface area contributed by atoms with Gasteiger partial charge in [0.25, 0.3) is 0 Å². The van der Waals surface area contributed by atoms with E-state index in [9.17, 15) is 0 Å². The normalized spacial score (nSPS) is 13.8. The highest BCUT2D eigenvalue weighted by atomic mass is 35.5. The van der Waals surface area contributed by atoms with E-state index in [0.29, 0.717) is 5.84 Å². The van der Waals surface area contributed by atoms with Crippen LogP contribution >= 0.6 is 11.6 Å². The lowest BCUT2D eigenvalue weighted by molar-refractivity contribution is 1.01. The molecule has 0 amide bonds. The average Bonchev–Trinajstić information content (AvgIpc) is 2.69. The highest BCUT2D eigenvalue weighted by Crippen LogP contribution is 2.30. The van der Waals surface area contributed by atoms with E-state index in [1.807, 2.05) is 36.4 Å². The van der Waals surface area contributed by atoms with E-state index in [4.69, 9.17) is 17.0 Å². The van der Waals surface area contributed by atoms with Crippen molar-refractivity contribution in [3.05, 3.63) is 64.7 Å². The second-order valence-electron chi connectivity index (χ2n) is 4.46. The summed E-state index contributed by atoms with van der Waals surface area (Å²) < 4.78 is 0. The Morgan fingerprint density at radius 1 is 1.06 bits per heavy atom. The quantitative estimate of drug-likeness (QED) is 0.867. The van der Waals surface area contributed by atoms with Crippen LogP contribution in [0.25, 0.3) is 0 Å². The number of amidine groups is 1. The Morgan fingerprint density at radius 2 is 1.78 bits per heavy atom. The summed E-state index contributed by atoms with van der Waals surface area (Å²) >= 11 is 5.88. The number of para-hydroxylation sites is 1. The first-order valence-corrected chi connectivity index (χ1v) is 6.29. The van der Waals surface area contributed by atoms with Crippen molar-refractivity contribution in [3.63, 3.8) is 0 Å². The van der Waals surface area contributed by atoms with Crippen molar-refractivity contribution in [2.45, 2.75) is 13.0 Å². The Kier molecular flexibility index (Phi) is 2.80. The van der Waals surface area contributed by atoms with Gasteiger partial charge in [-0.25, -0.2) is 0 Å². The summed E-state index contributed by atoms with van der Waals surface area (Å²) in [6.45, 7) is 0.729. The van der Waals surface area contributed by atoms with Crippen LogP contribution in [0.2, 0.25) is 5.02 Å². The van der Waals surface area contributed by atoms with Crippen LogP contribution in [-0.2, 0) is 13.0 Å². The fourth-order valence-corrected chi connectivity index (χ4v) is 2.42. The molecule has 0 saturated carbocycles. The van der Waals surface area contributed by atoms with E-state index in [1.54, 1.807) is 0 Å². The second-order valence-corrected chi connectivity index (χ2v) is 4.90. The van der Waals surface area contributed by atoms with E-state index in [1.165, 1.54) is 11.1 Å². The maximum atomic E-state index is 8.08. The van der Waals surface area contributed by atoms with Crippen molar-refractivity contribution >= 4 is 23.1 Å². The van der Waals surface area contributed by atoms with Gasteiger partial charge >= 0.3 is 0 Å². The topological polar surface area (TPSA) is 27.1 Å². The van der Waals surface area contributed by atoms with Gasteiger partial charge in [-0.1, -0.05) is 41.9 Å². The molecule has 0 aromatic heterocycles. The van der Waals surface area contributed by atoms with Crippen LogP contribution in [0.15, 0.2) is 48.5 Å². The van der Waals surface area contributed by atoms with Gasteiger partial charge in [-0.15, -0.1) is 0 Å². The average molecular weight is 257 g/mol. The van der Waals surface area contributed by atoms with Crippen molar-refractivity contribution in [3.8, 4) is 0 Å². The maximum Gasteiger partial charge on any atom is 0.105 e. The number of halogens is 1. The van der Waals surface area contributed by atoms with Gasteiger partial charge in [-0.05, 0) is 29.3 Å². The Balaban J connectivity index is 1.89. The fraction of sp³-hybridized carbons (Fsp3) is 0.133. The van der Waals surface area contributed by atoms with Crippen molar-refractivity contribution in [2.75, 3.05) is 4.90 Å². The molecule has 2 nitrogen and oxygen atoms in total. The third-order valence-corrected chi connectivity index (χ3v) is 3.47. The van der Waals surface area contributed by atoms with Crippen molar-refractivity contribution in [1.29, 1.82) is 5.41 Å². The smallest absolute Gasteiger partial charge is 0.105 e. The molecule has 3 rings (SSSR count). The van der Waals surface area contributed by atoms with Crippen molar-refractivity contribution in [2.24, 2.45) is 0 Å². The molecule has 2 aromatic rings. The van der Waals surface area contributed by atoms with E-state index >= 15 is 0 Å². The molecule has 3 heteroatoms. The molecule has 1 aliphatic heterocycles. The van der Waals surface area contributed by atoms with Gasteiger partial charge in [0.15, 0.2) is 0 Å². The molecule has 0 saturated heterocycles. The van der Waals surface area contributed by atoms with Crippen LogP contribution in [0.5, 0.6) is 0 Å². The van der Waals surface area contributed by atoms with E-state index in [-0.39, 0.29) is 0 Å². The van der Waals surface area contributed by atoms with E-state index < -0.39 is 0 Å². The van der Waals surface area contributed by atoms with Crippen LogP contribution in [0.1, 0.15) is 11.1 Å². The fourth-order valence-electron chi connectivity index (χ4n) is 2.30. The first-order chi connectivity index (χ1) is 8.74.